The number of hydrogen-bond donors (Lipinski definition) is 1. The molecule has 0 saturated heterocycles. The largest absolute Gasteiger partial charge is 0.347 e. The number of amides is 1. The van der Waals surface area contributed by atoms with Crippen molar-refractivity contribution in [3.63, 3.8) is 0 Å². The van der Waals surface area contributed by atoms with E-state index in [1.54, 1.807) is 30.3 Å². The first-order valence-corrected chi connectivity index (χ1v) is 6.76. The molecule has 0 fully saturated rings. The van der Waals surface area contributed by atoms with E-state index in [1.807, 2.05) is 10.9 Å². The summed E-state index contributed by atoms with van der Waals surface area (Å²) in [6.45, 7) is 4.90. The van der Waals surface area contributed by atoms with E-state index >= 15 is 0 Å². The van der Waals surface area contributed by atoms with Crippen molar-refractivity contribution in [3.8, 4) is 0 Å². The Morgan fingerprint density at radius 3 is 2.71 bits per heavy atom. The topological polar surface area (TPSA) is 45.2 Å². The third kappa shape index (κ3) is 4.83. The van der Waals surface area contributed by atoms with Crippen molar-refractivity contribution < 1.29 is 4.79 Å². The second-order valence-corrected chi connectivity index (χ2v) is 5.49. The minimum Gasteiger partial charge on any atom is -0.347 e. The summed E-state index contributed by atoms with van der Waals surface area (Å²) in [6.07, 6.45) is 0.848. The number of nitrogens with one attached hydrogen (secondary N) is 1. The van der Waals surface area contributed by atoms with Gasteiger partial charge < -0.3 is 10.2 Å². The van der Waals surface area contributed by atoms with Crippen LogP contribution in [-0.4, -0.2) is 35.9 Å². The van der Waals surface area contributed by atoms with Crippen LogP contribution in [0.3, 0.4) is 0 Å². The summed E-state index contributed by atoms with van der Waals surface area (Å²) in [6, 6.07) is -0.119. The number of carbonyl (C=O) groups excluding carboxylic acids is 1. The van der Waals surface area contributed by atoms with Gasteiger partial charge in [-0.05, 0) is 12.3 Å². The van der Waals surface area contributed by atoms with E-state index in [0.717, 1.165) is 12.1 Å². The fourth-order valence-electron chi connectivity index (χ4n) is 1.61. The maximum absolute atomic E-state index is 12.0. The number of thiazole rings is 1. The molecular weight excluding hydrogens is 234 g/mol. The molecule has 0 spiro atoms. The van der Waals surface area contributed by atoms with Crippen LogP contribution in [-0.2, 0) is 11.3 Å². The molecule has 5 heteroatoms. The number of hydrogen-bond acceptors (Lipinski definition) is 4. The molecule has 0 saturated carbocycles. The third-order valence-electron chi connectivity index (χ3n) is 2.46. The minimum absolute atomic E-state index is 0.119. The van der Waals surface area contributed by atoms with Gasteiger partial charge >= 0.3 is 0 Å². The van der Waals surface area contributed by atoms with E-state index < -0.39 is 0 Å². The molecule has 0 radical (unpaired) electrons. The van der Waals surface area contributed by atoms with Gasteiger partial charge in [-0.25, -0.2) is 4.98 Å². The van der Waals surface area contributed by atoms with E-state index in [2.05, 4.69) is 24.1 Å². The first-order valence-electron chi connectivity index (χ1n) is 5.82. The maximum atomic E-state index is 12.0. The summed E-state index contributed by atoms with van der Waals surface area (Å²) in [5.41, 5.74) is 2.80. The van der Waals surface area contributed by atoms with Gasteiger partial charge in [-0.15, -0.1) is 11.3 Å². The van der Waals surface area contributed by atoms with Crippen LogP contribution in [0.4, 0.5) is 0 Å². The zero-order chi connectivity index (χ0) is 12.8. The van der Waals surface area contributed by atoms with Crippen molar-refractivity contribution in [2.75, 3.05) is 14.1 Å². The van der Waals surface area contributed by atoms with Gasteiger partial charge in [0.2, 0.25) is 5.91 Å². The third-order valence-corrected chi connectivity index (χ3v) is 3.09. The molecule has 1 aromatic rings. The fraction of sp³-hybridized carbons (Fsp3) is 0.667. The molecule has 0 aliphatic rings. The average Bonchev–Trinajstić information content (AvgIpc) is 2.75. The van der Waals surface area contributed by atoms with Gasteiger partial charge in [-0.3, -0.25) is 4.79 Å². The van der Waals surface area contributed by atoms with Crippen LogP contribution in [0.1, 0.15) is 26.0 Å². The molecule has 1 aromatic heterocycles. The van der Waals surface area contributed by atoms with Crippen molar-refractivity contribution in [1.82, 2.24) is 15.2 Å². The molecule has 1 N–H and O–H groups in total. The quantitative estimate of drug-likeness (QED) is 0.842. The Labute approximate surface area is 107 Å². The summed E-state index contributed by atoms with van der Waals surface area (Å²) in [7, 11) is 3.58. The van der Waals surface area contributed by atoms with E-state index in [9.17, 15) is 4.79 Å². The summed E-state index contributed by atoms with van der Waals surface area (Å²) in [5.74, 6) is 0.626. The van der Waals surface area contributed by atoms with Crippen molar-refractivity contribution in [3.05, 3.63) is 16.6 Å². The Hall–Kier alpha value is -0.940. The molecule has 1 rings (SSSR count). The number of likely N-dealkylation sites (N-methyl/N-ethyl adjacent to an activating group) is 1. The number of aromatic nitrogens is 1. The van der Waals surface area contributed by atoms with Gasteiger partial charge in [-0.2, -0.15) is 0 Å². The first-order chi connectivity index (χ1) is 8.00. The van der Waals surface area contributed by atoms with Gasteiger partial charge in [0.15, 0.2) is 0 Å². The fourth-order valence-corrected chi connectivity index (χ4v) is 2.17. The highest BCUT2D eigenvalue weighted by Crippen LogP contribution is 2.08. The predicted molar refractivity (Wildman–Crippen MR) is 70.9 cm³/mol. The minimum atomic E-state index is -0.119. The number of rotatable bonds is 6. The molecule has 4 nitrogen and oxygen atoms in total. The molecule has 96 valence electrons. The SMILES string of the molecule is CC(C)CC(NCc1cscn1)C(=O)N(C)C. The Kier molecular flexibility index (Phi) is 5.58. The van der Waals surface area contributed by atoms with Crippen LogP contribution in [0, 0.1) is 5.92 Å². The second kappa shape index (κ2) is 6.71. The lowest BCUT2D eigenvalue weighted by atomic mass is 10.0. The summed E-state index contributed by atoms with van der Waals surface area (Å²) >= 11 is 1.57. The highest BCUT2D eigenvalue weighted by atomic mass is 32.1. The molecule has 1 unspecified atom stereocenters. The highest BCUT2D eigenvalue weighted by molar-refractivity contribution is 7.07. The summed E-state index contributed by atoms with van der Waals surface area (Å²) in [5, 5.41) is 5.29. The molecule has 1 amide bonds. The lowest BCUT2D eigenvalue weighted by molar-refractivity contribution is -0.131. The maximum Gasteiger partial charge on any atom is 0.239 e. The molecule has 0 bridgehead atoms. The molecular formula is C12H21N3OS. The predicted octanol–water partition coefficient (Wildman–Crippen LogP) is 1.74. The summed E-state index contributed by atoms with van der Waals surface area (Å²) < 4.78 is 0. The second-order valence-electron chi connectivity index (χ2n) is 4.78. The highest BCUT2D eigenvalue weighted by Gasteiger charge is 2.20. The van der Waals surface area contributed by atoms with E-state index in [4.69, 9.17) is 0 Å². The standard InChI is InChI=1S/C12H21N3OS/c1-9(2)5-11(12(16)15(3)4)13-6-10-7-17-8-14-10/h7-9,11,13H,5-6H2,1-4H3. The van der Waals surface area contributed by atoms with Crippen molar-refractivity contribution in [2.45, 2.75) is 32.9 Å². The van der Waals surface area contributed by atoms with Crippen LogP contribution in [0.5, 0.6) is 0 Å². The van der Waals surface area contributed by atoms with Crippen LogP contribution in [0.25, 0.3) is 0 Å². The van der Waals surface area contributed by atoms with Crippen LogP contribution >= 0.6 is 11.3 Å². The van der Waals surface area contributed by atoms with Gasteiger partial charge in [0, 0.05) is 26.0 Å². The number of nitrogens with zero attached hydrogens (tertiary/aromatic N) is 2. The van der Waals surface area contributed by atoms with Crippen molar-refractivity contribution >= 4 is 17.2 Å². The zero-order valence-electron chi connectivity index (χ0n) is 10.9. The molecule has 1 atom stereocenters. The van der Waals surface area contributed by atoms with Gasteiger partial charge in [-0.1, -0.05) is 13.8 Å². The van der Waals surface area contributed by atoms with E-state index in [0.29, 0.717) is 12.5 Å². The molecule has 0 aliphatic carbocycles. The van der Waals surface area contributed by atoms with E-state index in [-0.39, 0.29) is 11.9 Å². The molecule has 0 aliphatic heterocycles. The van der Waals surface area contributed by atoms with Crippen molar-refractivity contribution in [1.29, 1.82) is 0 Å². The van der Waals surface area contributed by atoms with E-state index in [1.165, 1.54) is 0 Å². The smallest absolute Gasteiger partial charge is 0.239 e. The van der Waals surface area contributed by atoms with Gasteiger partial charge in [0.1, 0.15) is 0 Å². The number of carbonyl (C=O) groups is 1. The normalized spacial score (nSPS) is 12.8. The lowest BCUT2D eigenvalue weighted by Gasteiger charge is -2.22. The Bertz CT molecular complexity index is 336. The molecule has 17 heavy (non-hydrogen) atoms. The summed E-state index contributed by atoms with van der Waals surface area (Å²) in [4.78, 5) is 17.8. The monoisotopic (exact) mass is 255 g/mol. The van der Waals surface area contributed by atoms with Crippen molar-refractivity contribution in [2.24, 2.45) is 5.92 Å². The average molecular weight is 255 g/mol. The first kappa shape index (κ1) is 14.1. The lowest BCUT2D eigenvalue weighted by Crippen LogP contribution is -2.44. The Morgan fingerprint density at radius 1 is 1.53 bits per heavy atom. The van der Waals surface area contributed by atoms with Crippen LogP contribution in [0.15, 0.2) is 10.9 Å². The molecule has 1 heterocycles. The molecule has 0 aromatic carbocycles. The Morgan fingerprint density at radius 2 is 2.24 bits per heavy atom. The van der Waals surface area contributed by atoms with Gasteiger partial charge in [0.05, 0.1) is 17.2 Å². The van der Waals surface area contributed by atoms with Crippen LogP contribution < -0.4 is 5.32 Å². The van der Waals surface area contributed by atoms with Gasteiger partial charge in [0.25, 0.3) is 0 Å². The zero-order valence-corrected chi connectivity index (χ0v) is 11.8. The Balaban J connectivity index is 2.54. The van der Waals surface area contributed by atoms with Crippen LogP contribution in [0.2, 0.25) is 0 Å².